The molecule has 13 heavy (non-hydrogen) atoms. The van der Waals surface area contributed by atoms with Gasteiger partial charge in [-0.1, -0.05) is 11.5 Å². The molecule has 2 aliphatic rings. The van der Waals surface area contributed by atoms with Crippen molar-refractivity contribution in [2.45, 2.75) is 25.9 Å². The van der Waals surface area contributed by atoms with Crippen LogP contribution < -0.4 is 0 Å². The third-order valence-electron chi connectivity index (χ3n) is 2.18. The molecule has 2 nitrogen and oxygen atoms in total. The molecule has 1 unspecified atom stereocenters. The Kier molecular flexibility index (Phi) is 1.94. The number of ketones is 1. The molecule has 0 aromatic carbocycles. The largest absolute Gasteiger partial charge is 0.489 e. The van der Waals surface area contributed by atoms with Gasteiger partial charge < -0.3 is 4.74 Å². The summed E-state index contributed by atoms with van der Waals surface area (Å²) >= 11 is 0. The first kappa shape index (κ1) is 8.12. The molecular weight excluding hydrogens is 164 g/mol. The highest BCUT2D eigenvalue weighted by Gasteiger charge is 2.21. The number of carbonyl (C=O) groups excluding carboxylic acids is 1. The van der Waals surface area contributed by atoms with Gasteiger partial charge >= 0.3 is 0 Å². The Morgan fingerprint density at radius 2 is 2.23 bits per heavy atom. The van der Waals surface area contributed by atoms with Crippen LogP contribution in [-0.2, 0) is 9.53 Å². The van der Waals surface area contributed by atoms with Crippen molar-refractivity contribution in [3.63, 3.8) is 0 Å². The molecule has 0 saturated carbocycles. The van der Waals surface area contributed by atoms with E-state index in [1.54, 1.807) is 12.2 Å². The van der Waals surface area contributed by atoms with E-state index in [1.165, 1.54) is 0 Å². The minimum atomic E-state index is 0.112. The fourth-order valence-electron chi connectivity index (χ4n) is 1.43. The predicted molar refractivity (Wildman–Crippen MR) is 48.0 cm³/mol. The van der Waals surface area contributed by atoms with E-state index >= 15 is 0 Å². The Bertz CT molecular complexity index is 375. The van der Waals surface area contributed by atoms with E-state index in [0.717, 1.165) is 6.42 Å². The van der Waals surface area contributed by atoms with Crippen molar-refractivity contribution in [1.82, 2.24) is 0 Å². The molecule has 0 aromatic heterocycles. The summed E-state index contributed by atoms with van der Waals surface area (Å²) < 4.78 is 5.56. The van der Waals surface area contributed by atoms with Crippen LogP contribution in [-0.4, -0.2) is 11.9 Å². The number of carbonyl (C=O) groups is 1. The summed E-state index contributed by atoms with van der Waals surface area (Å²) in [6.07, 6.45) is 4.78. The lowest BCUT2D eigenvalue weighted by Gasteiger charge is -2.11. The molecule has 1 aliphatic heterocycles. The average Bonchev–Trinajstić information content (AvgIpc) is 2.27. The fraction of sp³-hybridized carbons (Fsp3) is 0.364. The maximum atomic E-state index is 11.5. The fourth-order valence-corrected chi connectivity index (χ4v) is 1.43. The molecule has 0 bridgehead atoms. The number of rotatable bonds is 0. The van der Waals surface area contributed by atoms with Gasteiger partial charge in [-0.05, 0) is 13.3 Å². The van der Waals surface area contributed by atoms with Crippen LogP contribution in [0.25, 0.3) is 0 Å². The zero-order valence-corrected chi connectivity index (χ0v) is 7.46. The average molecular weight is 174 g/mol. The highest BCUT2D eigenvalue weighted by molar-refractivity contribution is 5.99. The first-order valence-corrected chi connectivity index (χ1v) is 4.39. The predicted octanol–water partition coefficient (Wildman–Crippen LogP) is 1.89. The Labute approximate surface area is 76.9 Å². The molecule has 1 heterocycles. The summed E-state index contributed by atoms with van der Waals surface area (Å²) in [5.74, 6) is 0.790. The number of hydrogen-bond donors (Lipinski definition) is 0. The van der Waals surface area contributed by atoms with Crippen LogP contribution in [0.2, 0.25) is 0 Å². The maximum absolute atomic E-state index is 11.5. The molecule has 0 radical (unpaired) electrons. The standard InChI is InChI=1S/C11H10O2/c1-8-6-7-10(12)9-4-2-3-5-11(9)13-8/h4-5,8H,6-7H2,1H3. The molecule has 0 saturated heterocycles. The topological polar surface area (TPSA) is 26.3 Å². The quantitative estimate of drug-likeness (QED) is 0.524. The van der Waals surface area contributed by atoms with Gasteiger partial charge in [-0.2, -0.15) is 0 Å². The minimum absolute atomic E-state index is 0.112. The summed E-state index contributed by atoms with van der Waals surface area (Å²) in [6.45, 7) is 1.97. The summed E-state index contributed by atoms with van der Waals surface area (Å²) in [5.41, 5.74) is 6.20. The molecule has 1 atom stereocenters. The van der Waals surface area contributed by atoms with Crippen molar-refractivity contribution >= 4 is 5.78 Å². The summed E-state index contributed by atoms with van der Waals surface area (Å²) in [7, 11) is 0. The second-order valence-corrected chi connectivity index (χ2v) is 3.25. The van der Waals surface area contributed by atoms with Crippen molar-refractivity contribution in [2.24, 2.45) is 0 Å². The molecule has 2 rings (SSSR count). The van der Waals surface area contributed by atoms with Crippen LogP contribution in [0.3, 0.4) is 0 Å². The van der Waals surface area contributed by atoms with E-state index in [9.17, 15) is 4.79 Å². The summed E-state index contributed by atoms with van der Waals surface area (Å²) in [6, 6.07) is 0. The van der Waals surface area contributed by atoms with E-state index in [2.05, 4.69) is 11.5 Å². The molecular formula is C11H10O2. The lowest BCUT2D eigenvalue weighted by atomic mass is 10.0. The Balaban J connectivity index is 2.40. The molecule has 1 aliphatic carbocycles. The SMILES string of the molecule is CC1CCC(=O)C2=C(C=C=C=C2)O1. The first-order valence-electron chi connectivity index (χ1n) is 4.39. The van der Waals surface area contributed by atoms with Gasteiger partial charge in [0.05, 0.1) is 11.7 Å². The zero-order chi connectivity index (χ0) is 9.26. The molecule has 0 N–H and O–H groups in total. The number of hydrogen-bond acceptors (Lipinski definition) is 2. The van der Waals surface area contributed by atoms with Crippen LogP contribution in [0.1, 0.15) is 19.8 Å². The van der Waals surface area contributed by atoms with Gasteiger partial charge in [0.2, 0.25) is 0 Å². The summed E-state index contributed by atoms with van der Waals surface area (Å²) in [5, 5.41) is 0. The second-order valence-electron chi connectivity index (χ2n) is 3.25. The minimum Gasteiger partial charge on any atom is -0.489 e. The van der Waals surface area contributed by atoms with Gasteiger partial charge in [0.15, 0.2) is 5.78 Å². The normalized spacial score (nSPS) is 25.6. The number of Topliss-reactive ketones (excluding diaryl/α,β-unsaturated/α-hetero) is 1. The Morgan fingerprint density at radius 1 is 1.46 bits per heavy atom. The van der Waals surface area contributed by atoms with E-state index in [1.807, 2.05) is 6.92 Å². The second kappa shape index (κ2) is 3.10. The molecule has 0 spiro atoms. The van der Waals surface area contributed by atoms with Gasteiger partial charge in [-0.15, -0.1) is 0 Å². The highest BCUT2D eigenvalue weighted by Crippen LogP contribution is 2.22. The Hall–Kier alpha value is -1.49. The third kappa shape index (κ3) is 1.50. The van der Waals surface area contributed by atoms with E-state index < -0.39 is 0 Å². The zero-order valence-electron chi connectivity index (χ0n) is 7.46. The van der Waals surface area contributed by atoms with Crippen LogP contribution >= 0.6 is 0 Å². The van der Waals surface area contributed by atoms with E-state index in [-0.39, 0.29) is 11.9 Å². The lowest BCUT2D eigenvalue weighted by molar-refractivity contribution is -0.115. The van der Waals surface area contributed by atoms with Crippen molar-refractivity contribution in [1.29, 1.82) is 0 Å². The smallest absolute Gasteiger partial charge is 0.167 e. The molecule has 0 fully saturated rings. The van der Waals surface area contributed by atoms with Crippen LogP contribution in [0.5, 0.6) is 0 Å². The first-order chi connectivity index (χ1) is 6.27. The van der Waals surface area contributed by atoms with Crippen LogP contribution in [0, 0.1) is 0 Å². The van der Waals surface area contributed by atoms with Crippen LogP contribution in [0.15, 0.2) is 34.9 Å². The van der Waals surface area contributed by atoms with Gasteiger partial charge in [0.25, 0.3) is 0 Å². The molecule has 0 aromatic rings. The highest BCUT2D eigenvalue weighted by atomic mass is 16.5. The van der Waals surface area contributed by atoms with Crippen molar-refractivity contribution in [2.75, 3.05) is 0 Å². The van der Waals surface area contributed by atoms with E-state index in [0.29, 0.717) is 17.8 Å². The molecule has 2 heteroatoms. The lowest BCUT2D eigenvalue weighted by Crippen LogP contribution is -2.04. The third-order valence-corrected chi connectivity index (χ3v) is 2.18. The van der Waals surface area contributed by atoms with E-state index in [4.69, 9.17) is 4.74 Å². The monoisotopic (exact) mass is 174 g/mol. The Morgan fingerprint density at radius 3 is 3.08 bits per heavy atom. The van der Waals surface area contributed by atoms with Crippen molar-refractivity contribution in [3.8, 4) is 0 Å². The molecule has 66 valence electrons. The van der Waals surface area contributed by atoms with Crippen molar-refractivity contribution in [3.05, 3.63) is 34.9 Å². The maximum Gasteiger partial charge on any atom is 0.167 e. The van der Waals surface area contributed by atoms with Gasteiger partial charge in [-0.25, -0.2) is 0 Å². The summed E-state index contributed by atoms with van der Waals surface area (Å²) in [4.78, 5) is 11.5. The van der Waals surface area contributed by atoms with Crippen LogP contribution in [0.4, 0.5) is 0 Å². The van der Waals surface area contributed by atoms with Crippen molar-refractivity contribution < 1.29 is 9.53 Å². The van der Waals surface area contributed by atoms with Gasteiger partial charge in [0, 0.05) is 18.6 Å². The molecule has 0 amide bonds. The number of ether oxygens (including phenoxy) is 1. The van der Waals surface area contributed by atoms with Gasteiger partial charge in [0.1, 0.15) is 5.76 Å². The van der Waals surface area contributed by atoms with Gasteiger partial charge in [-0.3, -0.25) is 4.79 Å². The number of allylic oxidation sites excluding steroid dienone is 3.